The van der Waals surface area contributed by atoms with E-state index >= 15 is 0 Å². The van der Waals surface area contributed by atoms with Gasteiger partial charge in [-0.1, -0.05) is 100 Å². The molecule has 4 aromatic rings. The van der Waals surface area contributed by atoms with E-state index in [0.29, 0.717) is 31.1 Å². The van der Waals surface area contributed by atoms with Gasteiger partial charge in [0.05, 0.1) is 35.6 Å². The van der Waals surface area contributed by atoms with Gasteiger partial charge in [0.1, 0.15) is 6.04 Å². The fourth-order valence-corrected chi connectivity index (χ4v) is 7.60. The first-order chi connectivity index (χ1) is 25.6. The van der Waals surface area contributed by atoms with Crippen molar-refractivity contribution in [1.29, 1.82) is 0 Å². The van der Waals surface area contributed by atoms with Crippen LogP contribution >= 0.6 is 11.3 Å². The van der Waals surface area contributed by atoms with E-state index < -0.39 is 30.3 Å². The van der Waals surface area contributed by atoms with E-state index in [0.717, 1.165) is 28.2 Å². The SMILES string of the molecule is CC(C)[C@H](NC(=O)N(C)Cc1csc(CC2CCCC2)n1)C(=O)N[C@@H](Cc1ccccc1)C[C@H](O)[C@H](Cc1ccccc1)NC(=O)OCc1cnco1. The first-order valence-electron chi connectivity index (χ1n) is 18.4. The Morgan fingerprint density at radius 1 is 0.981 bits per heavy atom. The first-order valence-corrected chi connectivity index (χ1v) is 19.3. The van der Waals surface area contributed by atoms with Crippen LogP contribution in [-0.2, 0) is 41.9 Å². The van der Waals surface area contributed by atoms with Crippen LogP contribution in [0.15, 0.2) is 83.1 Å². The molecule has 0 aliphatic heterocycles. The summed E-state index contributed by atoms with van der Waals surface area (Å²) in [6, 6.07) is 16.7. The standard InChI is InChI=1S/C40H52N6O6S/c1-27(2)37(45-39(49)46(3)23-32-25-53-36(42-32)20-30-16-10-11-17-30)38(48)43-31(18-28-12-6-4-7-13-28)21-35(47)34(19-29-14-8-5-9-15-29)44-40(50)51-24-33-22-41-26-52-33/h4-9,12-15,22,25-27,30-31,34-35,37,47H,10-11,16-21,23-24H2,1-3H3,(H,43,48)(H,44,50)(H,45,49)/t31-,34-,35-,37-/m0/s1. The predicted molar refractivity (Wildman–Crippen MR) is 203 cm³/mol. The molecule has 13 heteroatoms. The molecule has 0 unspecified atom stereocenters. The van der Waals surface area contributed by atoms with Gasteiger partial charge in [-0.2, -0.15) is 0 Å². The summed E-state index contributed by atoms with van der Waals surface area (Å²) in [5.74, 6) is 0.501. The van der Waals surface area contributed by atoms with Gasteiger partial charge in [0, 0.05) is 24.9 Å². The lowest BCUT2D eigenvalue weighted by Crippen LogP contribution is -2.55. The second kappa shape index (κ2) is 19.9. The summed E-state index contributed by atoms with van der Waals surface area (Å²) in [6.07, 6.45) is 7.86. The number of thiazole rings is 1. The molecule has 284 valence electrons. The Labute approximate surface area is 315 Å². The molecule has 1 aliphatic carbocycles. The van der Waals surface area contributed by atoms with E-state index in [1.807, 2.05) is 79.9 Å². The quantitative estimate of drug-likeness (QED) is 0.0960. The number of amides is 4. The molecule has 0 radical (unpaired) electrons. The molecule has 1 fully saturated rings. The number of ether oxygens (including phenoxy) is 1. The fraction of sp³-hybridized carbons (Fsp3) is 0.475. The number of oxazole rings is 1. The minimum atomic E-state index is -1.07. The van der Waals surface area contributed by atoms with Crippen molar-refractivity contribution in [2.45, 2.75) is 103 Å². The Kier molecular flexibility index (Phi) is 14.8. The minimum Gasteiger partial charge on any atom is -0.445 e. The van der Waals surface area contributed by atoms with E-state index in [9.17, 15) is 19.5 Å². The maximum atomic E-state index is 13.9. The van der Waals surface area contributed by atoms with Crippen molar-refractivity contribution < 1.29 is 28.6 Å². The third kappa shape index (κ3) is 12.7. The van der Waals surface area contributed by atoms with Gasteiger partial charge in [-0.15, -0.1) is 11.3 Å². The molecule has 0 bridgehead atoms. The lowest BCUT2D eigenvalue weighted by Gasteiger charge is -2.30. The van der Waals surface area contributed by atoms with Crippen LogP contribution in [0.3, 0.4) is 0 Å². The number of carbonyl (C=O) groups is 3. The zero-order chi connectivity index (χ0) is 37.6. The van der Waals surface area contributed by atoms with Crippen molar-refractivity contribution in [1.82, 2.24) is 30.8 Å². The average molecular weight is 745 g/mol. The third-order valence-corrected chi connectivity index (χ3v) is 10.5. The van der Waals surface area contributed by atoms with Crippen LogP contribution in [0, 0.1) is 11.8 Å². The molecule has 0 saturated heterocycles. The summed E-state index contributed by atoms with van der Waals surface area (Å²) in [5.41, 5.74) is 2.71. The summed E-state index contributed by atoms with van der Waals surface area (Å²) in [5, 5.41) is 23.7. The van der Waals surface area contributed by atoms with Crippen molar-refractivity contribution in [2.24, 2.45) is 11.8 Å². The molecular weight excluding hydrogens is 693 g/mol. The lowest BCUT2D eigenvalue weighted by molar-refractivity contribution is -0.124. The van der Waals surface area contributed by atoms with Crippen molar-refractivity contribution >= 4 is 29.4 Å². The van der Waals surface area contributed by atoms with Gasteiger partial charge in [-0.05, 0) is 42.2 Å². The summed E-state index contributed by atoms with van der Waals surface area (Å²) in [4.78, 5) is 50.4. The highest BCUT2D eigenvalue weighted by Crippen LogP contribution is 2.29. The zero-order valence-corrected chi connectivity index (χ0v) is 31.6. The minimum absolute atomic E-state index is 0.116. The predicted octanol–water partition coefficient (Wildman–Crippen LogP) is 6.05. The lowest BCUT2D eigenvalue weighted by atomic mass is 9.93. The highest BCUT2D eigenvalue weighted by atomic mass is 32.1. The van der Waals surface area contributed by atoms with Crippen molar-refractivity contribution in [2.75, 3.05) is 7.05 Å². The maximum absolute atomic E-state index is 13.9. The van der Waals surface area contributed by atoms with Gasteiger partial charge < -0.3 is 35.1 Å². The molecule has 1 saturated carbocycles. The van der Waals surface area contributed by atoms with Crippen molar-refractivity contribution in [3.63, 3.8) is 0 Å². The van der Waals surface area contributed by atoms with E-state index in [-0.39, 0.29) is 30.9 Å². The summed E-state index contributed by atoms with van der Waals surface area (Å²) in [6.45, 7) is 3.98. The maximum Gasteiger partial charge on any atom is 0.407 e. The van der Waals surface area contributed by atoms with Crippen LogP contribution in [0.1, 0.15) is 73.5 Å². The number of aromatic nitrogens is 2. The molecular formula is C40H52N6O6S. The highest BCUT2D eigenvalue weighted by molar-refractivity contribution is 7.09. The molecule has 2 aromatic carbocycles. The molecule has 4 atom stereocenters. The molecule has 5 rings (SSSR count). The Hall–Kier alpha value is -4.75. The Bertz CT molecular complexity index is 1700. The van der Waals surface area contributed by atoms with Gasteiger partial charge in [-0.25, -0.2) is 19.6 Å². The van der Waals surface area contributed by atoms with Crippen LogP contribution in [0.25, 0.3) is 0 Å². The second-order valence-electron chi connectivity index (χ2n) is 14.3. The Balaban J connectivity index is 1.24. The fourth-order valence-electron chi connectivity index (χ4n) is 6.70. The summed E-state index contributed by atoms with van der Waals surface area (Å²) in [7, 11) is 1.70. The summed E-state index contributed by atoms with van der Waals surface area (Å²) < 4.78 is 10.5. The first kappa shape index (κ1) is 39.5. The van der Waals surface area contributed by atoms with Gasteiger partial charge in [0.2, 0.25) is 5.91 Å². The molecule has 1 aliphatic rings. The number of rotatable bonds is 18. The van der Waals surface area contributed by atoms with Crippen molar-refractivity contribution in [3.8, 4) is 0 Å². The van der Waals surface area contributed by atoms with E-state index in [2.05, 4.69) is 20.9 Å². The number of aliphatic hydroxyl groups is 1. The highest BCUT2D eigenvalue weighted by Gasteiger charge is 2.31. The number of carbonyl (C=O) groups excluding carboxylic acids is 3. The molecule has 2 heterocycles. The zero-order valence-electron chi connectivity index (χ0n) is 30.8. The van der Waals surface area contributed by atoms with Gasteiger partial charge in [0.25, 0.3) is 0 Å². The Morgan fingerprint density at radius 2 is 1.66 bits per heavy atom. The second-order valence-corrected chi connectivity index (χ2v) is 15.2. The van der Waals surface area contributed by atoms with Crippen LogP contribution in [0.2, 0.25) is 0 Å². The topological polar surface area (TPSA) is 159 Å². The number of benzene rings is 2. The van der Waals surface area contributed by atoms with Crippen LogP contribution in [0.4, 0.5) is 9.59 Å². The summed E-state index contributed by atoms with van der Waals surface area (Å²) >= 11 is 1.64. The molecule has 4 amide bonds. The third-order valence-electron chi connectivity index (χ3n) is 9.60. The number of nitrogens with zero attached hydrogens (tertiary/aromatic N) is 3. The molecule has 12 nitrogen and oxygen atoms in total. The Morgan fingerprint density at radius 3 is 2.30 bits per heavy atom. The van der Waals surface area contributed by atoms with Crippen LogP contribution in [-0.4, -0.2) is 69.3 Å². The number of aliphatic hydroxyl groups excluding tert-OH is 1. The van der Waals surface area contributed by atoms with E-state index in [1.165, 1.54) is 38.3 Å². The van der Waals surface area contributed by atoms with Crippen LogP contribution < -0.4 is 16.0 Å². The number of nitrogens with one attached hydrogen (secondary N) is 3. The number of hydrogen-bond donors (Lipinski definition) is 4. The van der Waals surface area contributed by atoms with Crippen molar-refractivity contribution in [3.05, 3.63) is 106 Å². The number of alkyl carbamates (subject to hydrolysis) is 1. The average Bonchev–Trinajstić information content (AvgIpc) is 3.95. The molecule has 2 aromatic heterocycles. The van der Waals surface area contributed by atoms with E-state index in [1.54, 1.807) is 23.3 Å². The molecule has 53 heavy (non-hydrogen) atoms. The number of urea groups is 1. The molecule has 4 N–H and O–H groups in total. The number of hydrogen-bond acceptors (Lipinski definition) is 9. The van der Waals surface area contributed by atoms with Crippen LogP contribution in [0.5, 0.6) is 0 Å². The van der Waals surface area contributed by atoms with Gasteiger partial charge >= 0.3 is 12.1 Å². The smallest absolute Gasteiger partial charge is 0.407 e. The molecule has 0 spiro atoms. The normalized spacial score (nSPS) is 15.3. The van der Waals surface area contributed by atoms with Gasteiger partial charge in [-0.3, -0.25) is 4.79 Å². The van der Waals surface area contributed by atoms with Gasteiger partial charge in [0.15, 0.2) is 18.8 Å². The van der Waals surface area contributed by atoms with E-state index in [4.69, 9.17) is 14.1 Å². The monoisotopic (exact) mass is 744 g/mol. The largest absolute Gasteiger partial charge is 0.445 e.